The highest BCUT2D eigenvalue weighted by Gasteiger charge is 2.15. The first-order valence-corrected chi connectivity index (χ1v) is 11.1. The molecule has 0 aliphatic carbocycles. The maximum atomic E-state index is 13.3. The third kappa shape index (κ3) is 4.93. The van der Waals surface area contributed by atoms with Crippen molar-refractivity contribution in [3.05, 3.63) is 92.7 Å². The van der Waals surface area contributed by atoms with Crippen LogP contribution in [0.1, 0.15) is 5.56 Å². The van der Waals surface area contributed by atoms with Crippen LogP contribution in [0.25, 0.3) is 16.6 Å². The van der Waals surface area contributed by atoms with Crippen LogP contribution in [0.3, 0.4) is 0 Å². The number of aryl methyl sites for hydroxylation is 1. The van der Waals surface area contributed by atoms with Crippen LogP contribution in [0.5, 0.6) is 0 Å². The Kier molecular flexibility index (Phi) is 6.32. The molecule has 4 aromatic rings. The van der Waals surface area contributed by atoms with Crippen LogP contribution < -0.4 is 10.9 Å². The summed E-state index contributed by atoms with van der Waals surface area (Å²) in [6.07, 6.45) is 0. The lowest BCUT2D eigenvalue weighted by Gasteiger charge is -2.13. The molecule has 1 heterocycles. The lowest BCUT2D eigenvalue weighted by molar-refractivity contribution is -0.113. The molecule has 8 heteroatoms. The zero-order chi connectivity index (χ0) is 22.0. The Balaban J connectivity index is 1.69. The molecule has 1 amide bonds. The molecule has 0 aliphatic heterocycles. The topological polar surface area (TPSA) is 64.0 Å². The molecule has 0 saturated carbocycles. The predicted molar refractivity (Wildman–Crippen MR) is 128 cm³/mol. The van der Waals surface area contributed by atoms with Crippen molar-refractivity contribution >= 4 is 57.5 Å². The van der Waals surface area contributed by atoms with Gasteiger partial charge in [-0.25, -0.2) is 4.98 Å². The van der Waals surface area contributed by atoms with Crippen molar-refractivity contribution in [1.29, 1.82) is 0 Å². The van der Waals surface area contributed by atoms with Gasteiger partial charge in [0.25, 0.3) is 5.56 Å². The normalized spacial score (nSPS) is 10.9. The van der Waals surface area contributed by atoms with E-state index in [-0.39, 0.29) is 17.2 Å². The van der Waals surface area contributed by atoms with Crippen LogP contribution in [0.4, 0.5) is 5.69 Å². The average Bonchev–Trinajstić information content (AvgIpc) is 2.73. The molecule has 1 aromatic heterocycles. The number of carbonyl (C=O) groups excluding carboxylic acids is 1. The van der Waals surface area contributed by atoms with E-state index >= 15 is 0 Å². The van der Waals surface area contributed by atoms with E-state index in [1.165, 1.54) is 16.3 Å². The first-order valence-electron chi connectivity index (χ1n) is 9.38. The number of hydrogen-bond donors (Lipinski definition) is 1. The van der Waals surface area contributed by atoms with Crippen molar-refractivity contribution in [2.24, 2.45) is 0 Å². The SMILES string of the molecule is Cc1cccc(NC(=O)CSc2nc3cc(Cl)ccc3c(=O)n2-c2ccc(Cl)cc2)c1. The van der Waals surface area contributed by atoms with Crippen molar-refractivity contribution in [3.63, 3.8) is 0 Å². The lowest BCUT2D eigenvalue weighted by atomic mass is 10.2. The number of carbonyl (C=O) groups is 1. The molecule has 1 N–H and O–H groups in total. The molecule has 0 unspecified atom stereocenters. The molecule has 3 aromatic carbocycles. The van der Waals surface area contributed by atoms with Gasteiger partial charge in [-0.15, -0.1) is 0 Å². The molecule has 0 bridgehead atoms. The standard InChI is InChI=1S/C23H17Cl2N3O2S/c1-14-3-2-4-17(11-14)26-21(29)13-31-23-27-20-12-16(25)7-10-19(20)22(30)28(23)18-8-5-15(24)6-9-18/h2-12H,13H2,1H3,(H,26,29). The number of hydrogen-bond acceptors (Lipinski definition) is 4. The summed E-state index contributed by atoms with van der Waals surface area (Å²) in [5.41, 5.74) is 2.62. The van der Waals surface area contributed by atoms with E-state index in [1.54, 1.807) is 42.5 Å². The number of nitrogens with one attached hydrogen (secondary N) is 1. The lowest BCUT2D eigenvalue weighted by Crippen LogP contribution is -2.23. The summed E-state index contributed by atoms with van der Waals surface area (Å²) in [4.78, 5) is 30.4. The maximum absolute atomic E-state index is 13.3. The van der Waals surface area contributed by atoms with E-state index < -0.39 is 0 Å². The highest BCUT2D eigenvalue weighted by atomic mass is 35.5. The van der Waals surface area contributed by atoms with E-state index in [0.717, 1.165) is 11.3 Å². The summed E-state index contributed by atoms with van der Waals surface area (Å²) in [5.74, 6) is -0.112. The van der Waals surface area contributed by atoms with Gasteiger partial charge in [-0.1, -0.05) is 47.1 Å². The van der Waals surface area contributed by atoms with E-state index in [4.69, 9.17) is 23.2 Å². The van der Waals surface area contributed by atoms with Crippen LogP contribution in [0, 0.1) is 6.92 Å². The number of amides is 1. The van der Waals surface area contributed by atoms with Gasteiger partial charge in [-0.3, -0.25) is 14.2 Å². The molecule has 5 nitrogen and oxygen atoms in total. The Morgan fingerprint density at radius 1 is 1.03 bits per heavy atom. The average molecular weight is 470 g/mol. The Hall–Kier alpha value is -2.80. The van der Waals surface area contributed by atoms with Gasteiger partial charge in [0.2, 0.25) is 5.91 Å². The van der Waals surface area contributed by atoms with E-state index in [0.29, 0.717) is 31.8 Å². The minimum atomic E-state index is -0.245. The number of fused-ring (bicyclic) bond motifs is 1. The van der Waals surface area contributed by atoms with Gasteiger partial charge in [-0.2, -0.15) is 0 Å². The molecule has 156 valence electrons. The second kappa shape index (κ2) is 9.14. The van der Waals surface area contributed by atoms with Gasteiger partial charge in [0.1, 0.15) is 0 Å². The monoisotopic (exact) mass is 469 g/mol. The number of benzene rings is 3. The molecule has 0 aliphatic rings. The number of rotatable bonds is 5. The molecular formula is C23H17Cl2N3O2S. The van der Waals surface area contributed by atoms with Gasteiger partial charge in [0.15, 0.2) is 5.16 Å². The highest BCUT2D eigenvalue weighted by Crippen LogP contribution is 2.24. The molecule has 0 spiro atoms. The molecule has 0 atom stereocenters. The first-order chi connectivity index (χ1) is 14.9. The third-order valence-electron chi connectivity index (χ3n) is 4.52. The van der Waals surface area contributed by atoms with Gasteiger partial charge in [-0.05, 0) is 67.1 Å². The Labute approximate surface area is 193 Å². The van der Waals surface area contributed by atoms with Crippen LogP contribution in [0.2, 0.25) is 10.0 Å². The number of aromatic nitrogens is 2. The fraction of sp³-hybridized carbons (Fsp3) is 0.0870. The Bertz CT molecular complexity index is 1340. The smallest absolute Gasteiger partial charge is 0.266 e. The minimum Gasteiger partial charge on any atom is -0.325 e. The largest absolute Gasteiger partial charge is 0.325 e. The second-order valence-electron chi connectivity index (χ2n) is 6.88. The Morgan fingerprint density at radius 2 is 1.77 bits per heavy atom. The van der Waals surface area contributed by atoms with Crippen LogP contribution >= 0.6 is 35.0 Å². The summed E-state index contributed by atoms with van der Waals surface area (Å²) in [6.45, 7) is 1.96. The summed E-state index contributed by atoms with van der Waals surface area (Å²) >= 11 is 13.3. The van der Waals surface area contributed by atoms with Crippen molar-refractivity contribution in [2.75, 3.05) is 11.1 Å². The maximum Gasteiger partial charge on any atom is 0.266 e. The predicted octanol–water partition coefficient (Wildman–Crippen LogP) is 5.73. The zero-order valence-corrected chi connectivity index (χ0v) is 18.8. The van der Waals surface area contributed by atoms with E-state index in [9.17, 15) is 9.59 Å². The molecule has 0 saturated heterocycles. The molecule has 4 rings (SSSR count). The van der Waals surface area contributed by atoms with Crippen LogP contribution in [-0.2, 0) is 4.79 Å². The fourth-order valence-electron chi connectivity index (χ4n) is 3.10. The second-order valence-corrected chi connectivity index (χ2v) is 8.69. The molecule has 31 heavy (non-hydrogen) atoms. The number of thioether (sulfide) groups is 1. The van der Waals surface area contributed by atoms with Crippen molar-refractivity contribution in [1.82, 2.24) is 9.55 Å². The van der Waals surface area contributed by atoms with Gasteiger partial charge in [0.05, 0.1) is 22.3 Å². The summed E-state index contributed by atoms with van der Waals surface area (Å²) < 4.78 is 1.48. The number of nitrogens with zero attached hydrogens (tertiary/aromatic N) is 2. The van der Waals surface area contributed by atoms with Gasteiger partial charge >= 0.3 is 0 Å². The summed E-state index contributed by atoms with van der Waals surface area (Å²) in [7, 11) is 0. The van der Waals surface area contributed by atoms with Crippen molar-refractivity contribution in [3.8, 4) is 5.69 Å². The van der Waals surface area contributed by atoms with Crippen LogP contribution in [-0.4, -0.2) is 21.2 Å². The van der Waals surface area contributed by atoms with Crippen molar-refractivity contribution < 1.29 is 4.79 Å². The number of halogens is 2. The number of anilines is 1. The van der Waals surface area contributed by atoms with Crippen molar-refractivity contribution in [2.45, 2.75) is 12.1 Å². The molecule has 0 fully saturated rings. The van der Waals surface area contributed by atoms with Gasteiger partial charge in [0, 0.05) is 15.7 Å². The molecule has 0 radical (unpaired) electrons. The minimum absolute atomic E-state index is 0.0834. The summed E-state index contributed by atoms with van der Waals surface area (Å²) in [6, 6.07) is 19.4. The van der Waals surface area contributed by atoms with Crippen LogP contribution in [0.15, 0.2) is 76.7 Å². The third-order valence-corrected chi connectivity index (χ3v) is 5.95. The molecular weight excluding hydrogens is 453 g/mol. The fourth-order valence-corrected chi connectivity index (χ4v) is 4.21. The van der Waals surface area contributed by atoms with E-state index in [1.807, 2.05) is 31.2 Å². The first kappa shape index (κ1) is 21.4. The quantitative estimate of drug-likeness (QED) is 0.299. The Morgan fingerprint density at radius 3 is 2.52 bits per heavy atom. The highest BCUT2D eigenvalue weighted by molar-refractivity contribution is 7.99. The van der Waals surface area contributed by atoms with E-state index in [2.05, 4.69) is 10.3 Å². The summed E-state index contributed by atoms with van der Waals surface area (Å²) in [5, 5.41) is 4.74. The van der Waals surface area contributed by atoms with Gasteiger partial charge < -0.3 is 5.32 Å². The zero-order valence-electron chi connectivity index (χ0n) is 16.4.